The maximum Gasteiger partial charge on any atom is 0.249 e. The summed E-state index contributed by atoms with van der Waals surface area (Å²) in [5.74, 6) is 0. The van der Waals surface area contributed by atoms with E-state index in [-0.39, 0.29) is 0 Å². The first-order valence-corrected chi connectivity index (χ1v) is 7.56. The molecule has 5 nitrogen and oxygen atoms in total. The lowest BCUT2D eigenvalue weighted by Crippen LogP contribution is -2.33. The van der Waals surface area contributed by atoms with Gasteiger partial charge in [0.15, 0.2) is 0 Å². The summed E-state index contributed by atoms with van der Waals surface area (Å²) in [4.78, 5) is 12.3. The van der Waals surface area contributed by atoms with E-state index in [1.165, 1.54) is 11.8 Å². The molecule has 0 spiro atoms. The second-order valence-corrected chi connectivity index (χ2v) is 5.51. The molecule has 21 heavy (non-hydrogen) atoms. The number of nitrogens with zero attached hydrogens (tertiary/aromatic N) is 2. The van der Waals surface area contributed by atoms with Gasteiger partial charge in [0.05, 0.1) is 11.1 Å². The molecule has 1 aliphatic heterocycles. The average molecular weight is 289 g/mol. The summed E-state index contributed by atoms with van der Waals surface area (Å²) in [6, 6.07) is 10.9. The Morgan fingerprint density at radius 1 is 1.24 bits per heavy atom. The van der Waals surface area contributed by atoms with Crippen LogP contribution in [0.5, 0.6) is 0 Å². The van der Waals surface area contributed by atoms with Crippen LogP contribution in [-0.2, 0) is 6.54 Å². The highest BCUT2D eigenvalue weighted by Crippen LogP contribution is 2.14. The van der Waals surface area contributed by atoms with E-state index < -0.39 is 4.92 Å². The van der Waals surface area contributed by atoms with E-state index in [0.717, 1.165) is 51.5 Å². The van der Waals surface area contributed by atoms with Crippen LogP contribution in [0.4, 0.5) is 0 Å². The molecule has 0 bridgehead atoms. The molecule has 0 aliphatic carbocycles. The summed E-state index contributed by atoms with van der Waals surface area (Å²) >= 11 is 0. The fourth-order valence-corrected chi connectivity index (χ4v) is 2.79. The minimum absolute atomic E-state index is 0.361. The first-order chi connectivity index (χ1) is 10.2. The van der Waals surface area contributed by atoms with E-state index in [0.29, 0.717) is 6.04 Å². The third-order valence-corrected chi connectivity index (χ3v) is 3.83. The van der Waals surface area contributed by atoms with Crippen molar-refractivity contribution in [1.82, 2.24) is 10.2 Å². The molecule has 0 atom stereocenters. The predicted octanol–water partition coefficient (Wildman–Crippen LogP) is 2.77. The lowest BCUT2D eigenvalue weighted by Gasteiger charge is -2.28. The average Bonchev–Trinajstić information content (AvgIpc) is 2.44. The molecule has 0 amide bonds. The maximum atomic E-state index is 10.3. The molecule has 1 aromatic carbocycles. The van der Waals surface area contributed by atoms with Gasteiger partial charge in [0.2, 0.25) is 6.20 Å². The largest absolute Gasteiger partial charge is 0.383 e. The van der Waals surface area contributed by atoms with Crippen molar-refractivity contribution in [3.63, 3.8) is 0 Å². The Bertz CT molecular complexity index is 452. The van der Waals surface area contributed by atoms with Crippen LogP contribution in [-0.4, -0.2) is 29.0 Å². The minimum Gasteiger partial charge on any atom is -0.383 e. The maximum absolute atomic E-state index is 10.3. The summed E-state index contributed by atoms with van der Waals surface area (Å²) in [5, 5.41) is 13.4. The number of nitro groups is 1. The molecular weight excluding hydrogens is 266 g/mol. The molecule has 114 valence electrons. The monoisotopic (exact) mass is 289 g/mol. The molecule has 0 aromatic heterocycles. The molecule has 0 unspecified atom stereocenters. The number of benzene rings is 1. The third-order valence-electron chi connectivity index (χ3n) is 3.83. The molecule has 1 aliphatic rings. The van der Waals surface area contributed by atoms with Gasteiger partial charge in [-0.25, -0.2) is 0 Å². The predicted molar refractivity (Wildman–Crippen MR) is 83.2 cm³/mol. The Labute approximate surface area is 125 Å². The van der Waals surface area contributed by atoms with E-state index in [2.05, 4.69) is 34.5 Å². The normalized spacial score (nSPS) is 18.3. The van der Waals surface area contributed by atoms with Crippen molar-refractivity contribution in [2.75, 3.05) is 13.1 Å². The summed E-state index contributed by atoms with van der Waals surface area (Å²) in [6.45, 7) is 3.19. The van der Waals surface area contributed by atoms with E-state index >= 15 is 0 Å². The van der Waals surface area contributed by atoms with Gasteiger partial charge in [-0.05, 0) is 44.3 Å². The quantitative estimate of drug-likeness (QED) is 0.669. The Morgan fingerprint density at radius 2 is 1.90 bits per heavy atom. The van der Waals surface area contributed by atoms with Crippen molar-refractivity contribution in [2.24, 2.45) is 0 Å². The number of hydrogen-bond donors (Lipinski definition) is 1. The van der Waals surface area contributed by atoms with Crippen LogP contribution in [0.2, 0.25) is 0 Å². The van der Waals surface area contributed by atoms with Crippen LogP contribution >= 0.6 is 0 Å². The van der Waals surface area contributed by atoms with Crippen LogP contribution in [0.1, 0.15) is 31.2 Å². The summed E-state index contributed by atoms with van der Waals surface area (Å²) in [5.41, 5.74) is 1.36. The van der Waals surface area contributed by atoms with Gasteiger partial charge in [0, 0.05) is 12.6 Å². The van der Waals surface area contributed by atoms with E-state index in [9.17, 15) is 10.1 Å². The van der Waals surface area contributed by atoms with Crippen molar-refractivity contribution >= 4 is 0 Å². The molecular formula is C16H23N3O2. The number of nitrogens with one attached hydrogen (secondary N) is 1. The summed E-state index contributed by atoms with van der Waals surface area (Å²) in [6.07, 6.45) is 6.81. The highest BCUT2D eigenvalue weighted by atomic mass is 16.6. The summed E-state index contributed by atoms with van der Waals surface area (Å²) in [7, 11) is 0. The summed E-state index contributed by atoms with van der Waals surface area (Å²) < 4.78 is 0. The first kappa shape index (κ1) is 15.5. The molecule has 1 saturated heterocycles. The van der Waals surface area contributed by atoms with Gasteiger partial charge in [-0.3, -0.25) is 15.0 Å². The SMILES string of the molecule is O=[N+]([O-])/C=C\NC1CCCN(Cc2ccccc2)CCC1. The molecule has 1 aromatic rings. The zero-order chi connectivity index (χ0) is 14.9. The van der Waals surface area contributed by atoms with Crippen LogP contribution in [0.3, 0.4) is 0 Å². The fourth-order valence-electron chi connectivity index (χ4n) is 2.79. The van der Waals surface area contributed by atoms with Gasteiger partial charge in [0.25, 0.3) is 0 Å². The first-order valence-electron chi connectivity index (χ1n) is 7.56. The van der Waals surface area contributed by atoms with Crippen molar-refractivity contribution in [1.29, 1.82) is 0 Å². The second-order valence-electron chi connectivity index (χ2n) is 5.51. The zero-order valence-corrected chi connectivity index (χ0v) is 12.3. The molecule has 5 heteroatoms. The second kappa shape index (κ2) is 8.42. The van der Waals surface area contributed by atoms with Crippen LogP contribution < -0.4 is 5.32 Å². The third kappa shape index (κ3) is 5.95. The zero-order valence-electron chi connectivity index (χ0n) is 12.3. The molecule has 0 saturated carbocycles. The Kier molecular flexibility index (Phi) is 6.22. The topological polar surface area (TPSA) is 58.4 Å². The van der Waals surface area contributed by atoms with Crippen molar-refractivity contribution < 1.29 is 4.92 Å². The molecule has 2 rings (SSSR count). The Hall–Kier alpha value is -1.88. The van der Waals surface area contributed by atoms with Gasteiger partial charge >= 0.3 is 0 Å². The highest BCUT2D eigenvalue weighted by Gasteiger charge is 2.14. The van der Waals surface area contributed by atoms with E-state index in [1.54, 1.807) is 0 Å². The van der Waals surface area contributed by atoms with Crippen molar-refractivity contribution in [3.05, 3.63) is 58.4 Å². The van der Waals surface area contributed by atoms with Gasteiger partial charge in [-0.2, -0.15) is 0 Å². The van der Waals surface area contributed by atoms with Crippen LogP contribution in [0.15, 0.2) is 42.7 Å². The Balaban J connectivity index is 1.75. The lowest BCUT2D eigenvalue weighted by molar-refractivity contribution is -0.402. The van der Waals surface area contributed by atoms with Crippen LogP contribution in [0.25, 0.3) is 0 Å². The van der Waals surface area contributed by atoms with E-state index in [1.807, 2.05) is 6.07 Å². The van der Waals surface area contributed by atoms with E-state index in [4.69, 9.17) is 0 Å². The standard InChI is InChI=1S/C16H23N3O2/c20-19(21)13-10-17-16-8-4-11-18(12-5-9-16)14-15-6-2-1-3-7-15/h1-3,6-7,10,13,16-17H,4-5,8-9,11-12,14H2/b13-10-. The van der Waals surface area contributed by atoms with Gasteiger partial charge in [0.1, 0.15) is 0 Å². The molecule has 1 N–H and O–H groups in total. The molecule has 1 heterocycles. The minimum atomic E-state index is -0.433. The molecule has 1 fully saturated rings. The van der Waals surface area contributed by atoms with Gasteiger partial charge in [-0.1, -0.05) is 30.3 Å². The van der Waals surface area contributed by atoms with Crippen molar-refractivity contribution in [3.8, 4) is 0 Å². The number of rotatable bonds is 5. The fraction of sp³-hybridized carbons (Fsp3) is 0.500. The van der Waals surface area contributed by atoms with Gasteiger partial charge in [-0.15, -0.1) is 0 Å². The lowest BCUT2D eigenvalue weighted by atomic mass is 10.0. The number of likely N-dealkylation sites (tertiary alicyclic amines) is 1. The number of hydrogen-bond acceptors (Lipinski definition) is 4. The van der Waals surface area contributed by atoms with Gasteiger partial charge < -0.3 is 5.32 Å². The van der Waals surface area contributed by atoms with Crippen LogP contribution in [0, 0.1) is 10.1 Å². The smallest absolute Gasteiger partial charge is 0.249 e. The van der Waals surface area contributed by atoms with Crippen molar-refractivity contribution in [2.45, 2.75) is 38.3 Å². The Morgan fingerprint density at radius 3 is 2.52 bits per heavy atom. The molecule has 0 radical (unpaired) electrons. The highest BCUT2D eigenvalue weighted by molar-refractivity contribution is 5.14.